The minimum Gasteiger partial charge on any atom is -0.500 e. The lowest BCUT2D eigenvalue weighted by molar-refractivity contribution is -0.386. The Bertz CT molecular complexity index is 1110. The molecule has 2 aromatic rings. The Morgan fingerprint density at radius 2 is 2.07 bits per heavy atom. The van der Waals surface area contributed by atoms with E-state index >= 15 is 0 Å². The summed E-state index contributed by atoms with van der Waals surface area (Å²) in [5.74, 6) is -1.34. The van der Waals surface area contributed by atoms with Gasteiger partial charge in [-0.15, -0.1) is 0 Å². The molecular weight excluding hydrogens is 398 g/mol. The Hall–Kier alpha value is -3.84. The van der Waals surface area contributed by atoms with Crippen molar-refractivity contribution in [2.75, 3.05) is 7.11 Å². The van der Waals surface area contributed by atoms with Gasteiger partial charge >= 0.3 is 5.69 Å². The van der Waals surface area contributed by atoms with Crippen molar-refractivity contribution in [2.45, 2.75) is 6.54 Å². The van der Waals surface area contributed by atoms with E-state index in [1.54, 1.807) is 24.3 Å². The molecule has 29 heavy (non-hydrogen) atoms. The number of ether oxygens (including phenoxy) is 1. The molecule has 0 bridgehead atoms. The Labute approximate surface area is 169 Å². The fraction of sp³-hybridized carbons (Fsp3) is 0.105. The lowest BCUT2D eigenvalue weighted by atomic mass is 10.1. The van der Waals surface area contributed by atoms with Gasteiger partial charge in [-0.25, -0.2) is 0 Å². The van der Waals surface area contributed by atoms with Crippen molar-refractivity contribution >= 4 is 34.7 Å². The number of phenolic OH excluding ortho intramolecular Hbond substituents is 1. The number of methoxy groups -OCH3 is 1. The van der Waals surface area contributed by atoms with Crippen LogP contribution in [0, 0.1) is 21.4 Å². The van der Waals surface area contributed by atoms with Crippen LogP contribution in [-0.2, 0) is 11.3 Å². The monoisotopic (exact) mass is 411 g/mol. The van der Waals surface area contributed by atoms with Crippen molar-refractivity contribution in [3.05, 3.63) is 68.1 Å². The van der Waals surface area contributed by atoms with Crippen LogP contribution in [0.5, 0.6) is 11.5 Å². The second-order valence-corrected chi connectivity index (χ2v) is 6.88. The van der Waals surface area contributed by atoms with E-state index in [4.69, 9.17) is 4.74 Å². The molecule has 0 unspecified atom stereocenters. The minimum atomic E-state index is -0.778. The molecule has 10 heteroatoms. The predicted molar refractivity (Wildman–Crippen MR) is 104 cm³/mol. The summed E-state index contributed by atoms with van der Waals surface area (Å²) in [4.78, 5) is 36.4. The maximum Gasteiger partial charge on any atom is 0.315 e. The van der Waals surface area contributed by atoms with Crippen LogP contribution >= 0.6 is 11.8 Å². The number of thioether (sulfide) groups is 1. The van der Waals surface area contributed by atoms with Crippen molar-refractivity contribution in [1.82, 2.24) is 4.90 Å². The second kappa shape index (κ2) is 8.04. The number of hydrogen-bond donors (Lipinski definition) is 1. The van der Waals surface area contributed by atoms with Gasteiger partial charge in [0.25, 0.3) is 11.1 Å². The highest BCUT2D eigenvalue weighted by atomic mass is 32.2. The van der Waals surface area contributed by atoms with E-state index in [9.17, 15) is 30.1 Å². The standard InChI is InChI=1S/C19H13N3O6S/c1-28-15-7-11(6-14(17(15)23)22(26)27)8-16-18(24)21(19(25)29-16)10-13-5-3-2-4-12(13)9-20/h2-8,23H,10H2,1H3/b16-8+. The number of nitriles is 1. The first kappa shape index (κ1) is 19.9. The van der Waals surface area contributed by atoms with E-state index in [-0.39, 0.29) is 22.8 Å². The fourth-order valence-electron chi connectivity index (χ4n) is 2.72. The predicted octanol–water partition coefficient (Wildman–Crippen LogP) is 3.42. The van der Waals surface area contributed by atoms with Gasteiger partial charge in [-0.3, -0.25) is 24.6 Å². The lowest BCUT2D eigenvalue weighted by Gasteiger charge is -2.13. The highest BCUT2D eigenvalue weighted by Gasteiger charge is 2.35. The third-order valence-corrected chi connectivity index (χ3v) is 5.04. The van der Waals surface area contributed by atoms with Crippen molar-refractivity contribution in [3.63, 3.8) is 0 Å². The molecule has 1 aliphatic heterocycles. The van der Waals surface area contributed by atoms with Gasteiger partial charge < -0.3 is 9.84 Å². The molecule has 0 aliphatic carbocycles. The molecule has 0 saturated carbocycles. The van der Waals surface area contributed by atoms with Crippen molar-refractivity contribution in [1.29, 1.82) is 5.26 Å². The van der Waals surface area contributed by atoms with Crippen LogP contribution in [0.4, 0.5) is 10.5 Å². The SMILES string of the molecule is COc1cc(/C=C2/SC(=O)N(Cc3ccccc3C#N)C2=O)cc([N+](=O)[O-])c1O. The van der Waals surface area contributed by atoms with E-state index in [1.807, 2.05) is 6.07 Å². The summed E-state index contributed by atoms with van der Waals surface area (Å²) in [6, 6.07) is 11.0. The number of carbonyl (C=O) groups excluding carboxylic acids is 2. The number of carbonyl (C=O) groups is 2. The molecule has 0 aromatic heterocycles. The Morgan fingerprint density at radius 1 is 1.34 bits per heavy atom. The van der Waals surface area contributed by atoms with Gasteiger partial charge in [-0.1, -0.05) is 18.2 Å². The van der Waals surface area contributed by atoms with Gasteiger partial charge in [0.1, 0.15) is 0 Å². The topological polar surface area (TPSA) is 134 Å². The highest BCUT2D eigenvalue weighted by molar-refractivity contribution is 8.18. The number of hydrogen-bond acceptors (Lipinski definition) is 8. The van der Waals surface area contributed by atoms with Crippen LogP contribution in [-0.4, -0.2) is 33.2 Å². The molecular formula is C19H13N3O6S. The largest absolute Gasteiger partial charge is 0.500 e. The van der Waals surface area contributed by atoms with Crippen LogP contribution in [0.25, 0.3) is 6.08 Å². The first-order chi connectivity index (χ1) is 13.8. The van der Waals surface area contributed by atoms with Crippen molar-refractivity contribution < 1.29 is 24.4 Å². The third-order valence-electron chi connectivity index (χ3n) is 4.13. The van der Waals surface area contributed by atoms with Gasteiger partial charge in [0.05, 0.1) is 35.1 Å². The Kier molecular flexibility index (Phi) is 5.52. The lowest BCUT2D eigenvalue weighted by Crippen LogP contribution is -2.27. The van der Waals surface area contributed by atoms with Crippen LogP contribution in [0.3, 0.4) is 0 Å². The quantitative estimate of drug-likeness (QED) is 0.449. The fourth-order valence-corrected chi connectivity index (χ4v) is 3.56. The van der Waals surface area contributed by atoms with Crippen LogP contribution in [0.1, 0.15) is 16.7 Å². The van der Waals surface area contributed by atoms with Gasteiger partial charge in [-0.05, 0) is 41.1 Å². The Balaban J connectivity index is 1.94. The zero-order valence-electron chi connectivity index (χ0n) is 15.0. The maximum absolute atomic E-state index is 12.7. The normalized spacial score (nSPS) is 14.9. The molecule has 3 rings (SSSR count). The summed E-state index contributed by atoms with van der Waals surface area (Å²) in [5, 5.41) is 29.6. The molecule has 9 nitrogen and oxygen atoms in total. The van der Waals surface area contributed by atoms with E-state index < -0.39 is 27.5 Å². The molecule has 1 saturated heterocycles. The van der Waals surface area contributed by atoms with Crippen molar-refractivity contribution in [3.8, 4) is 17.6 Å². The van der Waals surface area contributed by atoms with Crippen LogP contribution in [0.2, 0.25) is 0 Å². The second-order valence-electron chi connectivity index (χ2n) is 5.88. The first-order valence-corrected chi connectivity index (χ1v) is 8.96. The average Bonchev–Trinajstić information content (AvgIpc) is 2.96. The van der Waals surface area contributed by atoms with E-state index in [0.717, 1.165) is 11.0 Å². The summed E-state index contributed by atoms with van der Waals surface area (Å²) >= 11 is 0.684. The van der Waals surface area contributed by atoms with Gasteiger partial charge in [0.15, 0.2) is 5.75 Å². The van der Waals surface area contributed by atoms with Gasteiger partial charge in [-0.2, -0.15) is 5.26 Å². The molecule has 146 valence electrons. The summed E-state index contributed by atoms with van der Waals surface area (Å²) < 4.78 is 4.93. The average molecular weight is 411 g/mol. The molecule has 0 radical (unpaired) electrons. The number of nitrogens with zero attached hydrogens (tertiary/aromatic N) is 3. The summed E-state index contributed by atoms with van der Waals surface area (Å²) in [5.41, 5.74) is 0.516. The number of amides is 2. The Morgan fingerprint density at radius 3 is 2.72 bits per heavy atom. The summed E-state index contributed by atoms with van der Waals surface area (Å²) in [6.07, 6.45) is 1.32. The number of nitro benzene ring substituents is 1. The van der Waals surface area contributed by atoms with Crippen molar-refractivity contribution in [2.24, 2.45) is 0 Å². The maximum atomic E-state index is 12.7. The highest BCUT2D eigenvalue weighted by Crippen LogP contribution is 2.39. The molecule has 0 atom stereocenters. The molecule has 1 aliphatic rings. The van der Waals surface area contributed by atoms with Gasteiger partial charge in [0.2, 0.25) is 5.75 Å². The number of imide groups is 1. The molecule has 1 fully saturated rings. The van der Waals surface area contributed by atoms with Gasteiger partial charge in [0, 0.05) is 6.07 Å². The van der Waals surface area contributed by atoms with Crippen LogP contribution < -0.4 is 4.74 Å². The number of rotatable bonds is 5. The summed E-state index contributed by atoms with van der Waals surface area (Å²) in [6.45, 7) is -0.0647. The zero-order valence-corrected chi connectivity index (χ0v) is 15.8. The first-order valence-electron chi connectivity index (χ1n) is 8.14. The smallest absolute Gasteiger partial charge is 0.315 e. The zero-order chi connectivity index (χ0) is 21.1. The number of phenols is 1. The number of nitro groups is 1. The minimum absolute atomic E-state index is 0.0616. The number of aromatic hydroxyl groups is 1. The van der Waals surface area contributed by atoms with Crippen LogP contribution in [0.15, 0.2) is 41.3 Å². The molecule has 2 aromatic carbocycles. The molecule has 1 N–H and O–H groups in total. The van der Waals surface area contributed by atoms with E-state index in [0.29, 0.717) is 22.9 Å². The number of benzene rings is 2. The molecule has 0 spiro atoms. The molecule has 2 amide bonds. The third kappa shape index (κ3) is 3.90. The van der Waals surface area contributed by atoms with E-state index in [2.05, 4.69) is 0 Å². The molecule has 1 heterocycles. The van der Waals surface area contributed by atoms with E-state index in [1.165, 1.54) is 19.3 Å². The summed E-state index contributed by atoms with van der Waals surface area (Å²) in [7, 11) is 1.24.